The van der Waals surface area contributed by atoms with Crippen molar-refractivity contribution >= 4 is 58.6 Å². The highest BCUT2D eigenvalue weighted by Gasteiger charge is 2.16. The number of carbonyl (C=O) groups is 4. The van der Waals surface area contributed by atoms with Crippen LogP contribution in [-0.4, -0.2) is 50.1 Å². The van der Waals surface area contributed by atoms with Crippen molar-refractivity contribution in [3.63, 3.8) is 0 Å². The lowest BCUT2D eigenvalue weighted by Gasteiger charge is -2.14. The van der Waals surface area contributed by atoms with E-state index in [0.717, 1.165) is 16.1 Å². The number of ether oxygens (including phenoxy) is 1. The molecule has 3 amide bonds. The molecular weight excluding hydrogens is 588 g/mol. The monoisotopic (exact) mass is 622 g/mol. The number of amides is 3. The number of hydrogen-bond donors (Lipinski definition) is 3. The molecular formula is C35H34N4O5S. The van der Waals surface area contributed by atoms with Crippen molar-refractivity contribution in [2.24, 2.45) is 0 Å². The summed E-state index contributed by atoms with van der Waals surface area (Å²) in [6, 6.07) is 29.8. The molecule has 4 rings (SSSR count). The topological polar surface area (TPSA) is 117 Å². The molecule has 0 bridgehead atoms. The third-order valence-electron chi connectivity index (χ3n) is 6.39. The van der Waals surface area contributed by atoms with Crippen LogP contribution in [0.15, 0.2) is 114 Å². The van der Waals surface area contributed by atoms with Crippen LogP contribution in [0, 0.1) is 0 Å². The Labute approximate surface area is 266 Å². The summed E-state index contributed by atoms with van der Waals surface area (Å²) in [5, 5.41) is 8.41. The van der Waals surface area contributed by atoms with Crippen molar-refractivity contribution in [3.8, 4) is 0 Å². The number of benzene rings is 4. The van der Waals surface area contributed by atoms with Gasteiger partial charge in [0.25, 0.3) is 11.8 Å². The number of thioether (sulfide) groups is 1. The zero-order valence-electron chi connectivity index (χ0n) is 25.2. The highest BCUT2D eigenvalue weighted by molar-refractivity contribution is 8.00. The van der Waals surface area contributed by atoms with Crippen molar-refractivity contribution in [1.29, 1.82) is 0 Å². The van der Waals surface area contributed by atoms with E-state index in [-0.39, 0.29) is 24.0 Å². The standard InChI is InChI=1S/C35H34N4O5S/c1-4-44-35(43)26-15-17-27(18-16-26)36-32(40)23-45-30-12-8-11-28(22-30)37-34(42)31(38-33(41)25-9-6-5-7-10-25)21-24-13-19-29(20-14-24)39(2)3/h5-22H,4,23H2,1-3H3,(H,36,40)(H,37,42)(H,38,41)/b31-21+. The molecule has 0 unspecified atom stereocenters. The van der Waals surface area contributed by atoms with Gasteiger partial charge in [-0.2, -0.15) is 0 Å². The Morgan fingerprint density at radius 1 is 0.778 bits per heavy atom. The summed E-state index contributed by atoms with van der Waals surface area (Å²) < 4.78 is 4.98. The third-order valence-corrected chi connectivity index (χ3v) is 7.38. The van der Waals surface area contributed by atoms with Crippen LogP contribution in [0.5, 0.6) is 0 Å². The van der Waals surface area contributed by atoms with Gasteiger partial charge in [0.1, 0.15) is 5.70 Å². The SMILES string of the molecule is CCOC(=O)c1ccc(NC(=O)CSc2cccc(NC(=O)/C(=C\c3ccc(N(C)C)cc3)NC(=O)c3ccccc3)c2)cc1. The molecule has 9 nitrogen and oxygen atoms in total. The van der Waals surface area contributed by atoms with Crippen molar-refractivity contribution in [1.82, 2.24) is 5.32 Å². The van der Waals surface area contributed by atoms with Crippen LogP contribution in [0.25, 0.3) is 6.08 Å². The first-order valence-electron chi connectivity index (χ1n) is 14.2. The maximum Gasteiger partial charge on any atom is 0.338 e. The fraction of sp³-hybridized carbons (Fsp3) is 0.143. The number of anilines is 3. The number of esters is 1. The molecule has 3 N–H and O–H groups in total. The predicted octanol–water partition coefficient (Wildman–Crippen LogP) is 6.07. The Balaban J connectivity index is 1.41. The van der Waals surface area contributed by atoms with Gasteiger partial charge in [-0.3, -0.25) is 14.4 Å². The van der Waals surface area contributed by atoms with Gasteiger partial charge in [-0.25, -0.2) is 4.79 Å². The largest absolute Gasteiger partial charge is 0.462 e. The lowest BCUT2D eigenvalue weighted by molar-refractivity contribution is -0.114. The van der Waals surface area contributed by atoms with Crippen LogP contribution in [0.3, 0.4) is 0 Å². The zero-order valence-corrected chi connectivity index (χ0v) is 26.0. The average Bonchev–Trinajstić information content (AvgIpc) is 3.04. The van der Waals surface area contributed by atoms with Crippen LogP contribution in [0.4, 0.5) is 17.1 Å². The molecule has 45 heavy (non-hydrogen) atoms. The molecule has 0 spiro atoms. The average molecular weight is 623 g/mol. The van der Waals surface area contributed by atoms with Crippen LogP contribution in [0.2, 0.25) is 0 Å². The van der Waals surface area contributed by atoms with Gasteiger partial charge in [0.15, 0.2) is 0 Å². The number of nitrogens with zero attached hydrogens (tertiary/aromatic N) is 1. The van der Waals surface area contributed by atoms with Gasteiger partial charge >= 0.3 is 5.97 Å². The summed E-state index contributed by atoms with van der Waals surface area (Å²) in [7, 11) is 3.88. The van der Waals surface area contributed by atoms with E-state index in [1.165, 1.54) is 11.8 Å². The van der Waals surface area contributed by atoms with Gasteiger partial charge in [-0.15, -0.1) is 11.8 Å². The van der Waals surface area contributed by atoms with E-state index in [4.69, 9.17) is 4.74 Å². The fourth-order valence-electron chi connectivity index (χ4n) is 4.09. The molecule has 0 saturated heterocycles. The van der Waals surface area contributed by atoms with Crippen molar-refractivity contribution in [3.05, 3.63) is 126 Å². The van der Waals surface area contributed by atoms with E-state index in [2.05, 4.69) is 16.0 Å². The number of carbonyl (C=O) groups excluding carboxylic acids is 4. The summed E-state index contributed by atoms with van der Waals surface area (Å²) in [5.41, 5.74) is 3.71. The Bertz CT molecular complexity index is 1670. The zero-order chi connectivity index (χ0) is 32.2. The van der Waals surface area contributed by atoms with Crippen LogP contribution < -0.4 is 20.9 Å². The van der Waals surface area contributed by atoms with E-state index >= 15 is 0 Å². The Morgan fingerprint density at radius 3 is 2.16 bits per heavy atom. The number of nitrogens with one attached hydrogen (secondary N) is 3. The molecule has 10 heteroatoms. The fourth-order valence-corrected chi connectivity index (χ4v) is 4.84. The Hall–Kier alpha value is -5.35. The predicted molar refractivity (Wildman–Crippen MR) is 179 cm³/mol. The molecule has 0 aliphatic carbocycles. The minimum Gasteiger partial charge on any atom is -0.462 e. The van der Waals surface area contributed by atoms with Gasteiger partial charge in [0.2, 0.25) is 5.91 Å². The lowest BCUT2D eigenvalue weighted by atomic mass is 10.1. The first-order chi connectivity index (χ1) is 21.7. The summed E-state index contributed by atoms with van der Waals surface area (Å²) >= 11 is 1.30. The molecule has 0 heterocycles. The van der Waals surface area contributed by atoms with Crippen LogP contribution >= 0.6 is 11.8 Å². The molecule has 0 aromatic heterocycles. The second-order valence-corrected chi connectivity index (χ2v) is 11.0. The van der Waals surface area contributed by atoms with Crippen molar-refractivity contribution < 1.29 is 23.9 Å². The summed E-state index contributed by atoms with van der Waals surface area (Å²) in [6.07, 6.45) is 1.62. The first-order valence-corrected chi connectivity index (χ1v) is 15.2. The smallest absolute Gasteiger partial charge is 0.338 e. The molecule has 4 aromatic rings. The molecule has 0 aliphatic heterocycles. The van der Waals surface area contributed by atoms with Gasteiger partial charge in [-0.1, -0.05) is 36.4 Å². The normalized spacial score (nSPS) is 10.9. The number of hydrogen-bond acceptors (Lipinski definition) is 7. The van der Waals surface area contributed by atoms with Gasteiger partial charge in [0.05, 0.1) is 17.9 Å². The molecule has 4 aromatic carbocycles. The molecule has 0 fully saturated rings. The van der Waals surface area contributed by atoms with Gasteiger partial charge in [0, 0.05) is 41.6 Å². The maximum atomic E-state index is 13.4. The van der Waals surface area contributed by atoms with Crippen LogP contribution in [0.1, 0.15) is 33.2 Å². The molecule has 0 saturated carbocycles. The minimum atomic E-state index is -0.498. The summed E-state index contributed by atoms with van der Waals surface area (Å²) in [5.74, 6) is -1.43. The van der Waals surface area contributed by atoms with E-state index in [0.29, 0.717) is 22.5 Å². The van der Waals surface area contributed by atoms with Gasteiger partial charge in [-0.05, 0) is 85.3 Å². The van der Waals surface area contributed by atoms with E-state index in [9.17, 15) is 19.2 Å². The molecule has 0 radical (unpaired) electrons. The second kappa shape index (κ2) is 15.9. The molecule has 230 valence electrons. The molecule has 0 atom stereocenters. The minimum absolute atomic E-state index is 0.0767. The number of rotatable bonds is 12. The first kappa shape index (κ1) is 32.6. The van der Waals surface area contributed by atoms with E-state index in [1.54, 1.807) is 79.7 Å². The van der Waals surface area contributed by atoms with E-state index < -0.39 is 17.8 Å². The van der Waals surface area contributed by atoms with Crippen molar-refractivity contribution in [2.45, 2.75) is 11.8 Å². The Morgan fingerprint density at radius 2 is 1.49 bits per heavy atom. The van der Waals surface area contributed by atoms with Crippen LogP contribution in [-0.2, 0) is 14.3 Å². The quantitative estimate of drug-likeness (QED) is 0.0998. The lowest BCUT2D eigenvalue weighted by Crippen LogP contribution is -2.30. The maximum absolute atomic E-state index is 13.4. The highest BCUT2D eigenvalue weighted by Crippen LogP contribution is 2.23. The van der Waals surface area contributed by atoms with Gasteiger partial charge < -0.3 is 25.6 Å². The molecule has 0 aliphatic rings. The van der Waals surface area contributed by atoms with E-state index in [1.807, 2.05) is 55.4 Å². The second-order valence-electron chi connectivity index (χ2n) is 9.98. The summed E-state index contributed by atoms with van der Waals surface area (Å²) in [4.78, 5) is 53.5. The summed E-state index contributed by atoms with van der Waals surface area (Å²) in [6.45, 7) is 2.02. The van der Waals surface area contributed by atoms with Crippen molar-refractivity contribution in [2.75, 3.05) is 42.0 Å². The Kier molecular flexibility index (Phi) is 11.5. The highest BCUT2D eigenvalue weighted by atomic mass is 32.2. The third kappa shape index (κ3) is 9.84.